The second-order valence-electron chi connectivity index (χ2n) is 10.0. The minimum atomic E-state index is -0.268. The van der Waals surface area contributed by atoms with E-state index in [9.17, 15) is 4.79 Å². The first-order valence-corrected chi connectivity index (χ1v) is 12.4. The molecule has 3 heteroatoms. The first-order valence-electron chi connectivity index (χ1n) is 12.4. The SMILES string of the molecule is CCCCCCCC12CCC(C(=O)Oc3ccc(-c4ccc(C#N)cc4)cc3)(CC1)CC2. The van der Waals surface area contributed by atoms with E-state index < -0.39 is 0 Å². The van der Waals surface area contributed by atoms with E-state index in [4.69, 9.17) is 10.00 Å². The summed E-state index contributed by atoms with van der Waals surface area (Å²) in [6.07, 6.45) is 14.6. The monoisotopic (exact) mass is 429 g/mol. The summed E-state index contributed by atoms with van der Waals surface area (Å²) in [5.74, 6) is 0.597. The third-order valence-electron chi connectivity index (χ3n) is 8.06. The van der Waals surface area contributed by atoms with Gasteiger partial charge in [0.1, 0.15) is 5.75 Å². The van der Waals surface area contributed by atoms with Gasteiger partial charge < -0.3 is 4.74 Å². The summed E-state index contributed by atoms with van der Waals surface area (Å²) in [7, 11) is 0. The van der Waals surface area contributed by atoms with Gasteiger partial charge in [-0.15, -0.1) is 0 Å². The van der Waals surface area contributed by atoms with Crippen LogP contribution in [-0.4, -0.2) is 5.97 Å². The van der Waals surface area contributed by atoms with Crippen molar-refractivity contribution in [3.63, 3.8) is 0 Å². The van der Waals surface area contributed by atoms with Crippen molar-refractivity contribution >= 4 is 5.97 Å². The van der Waals surface area contributed by atoms with Gasteiger partial charge in [0, 0.05) is 0 Å². The molecule has 3 aliphatic rings. The van der Waals surface area contributed by atoms with Crippen LogP contribution in [0.25, 0.3) is 11.1 Å². The molecule has 0 amide bonds. The Bertz CT molecular complexity index is 928. The third-order valence-corrected chi connectivity index (χ3v) is 8.06. The zero-order valence-corrected chi connectivity index (χ0v) is 19.4. The lowest BCUT2D eigenvalue weighted by atomic mass is 9.52. The molecule has 168 valence electrons. The van der Waals surface area contributed by atoms with Crippen LogP contribution in [0.2, 0.25) is 0 Å². The van der Waals surface area contributed by atoms with Gasteiger partial charge in [0.2, 0.25) is 0 Å². The fraction of sp³-hybridized carbons (Fsp3) is 0.517. The molecule has 5 rings (SSSR count). The standard InChI is InChI=1S/C29H35NO2/c1-2-3-4-5-6-15-28-16-19-29(20-17-28,21-18-28)27(31)32-26-13-11-25(12-14-26)24-9-7-23(22-30)8-10-24/h7-14H,2-6,15-21H2,1H3. The Kier molecular flexibility index (Phi) is 6.99. The fourth-order valence-electron chi connectivity index (χ4n) is 5.72. The Hall–Kier alpha value is -2.60. The molecule has 32 heavy (non-hydrogen) atoms. The number of fused-ring (bicyclic) bond motifs is 3. The number of ether oxygens (including phenoxy) is 1. The van der Waals surface area contributed by atoms with Gasteiger partial charge in [0.05, 0.1) is 17.0 Å². The highest BCUT2D eigenvalue weighted by Crippen LogP contribution is 2.59. The van der Waals surface area contributed by atoms with Crippen LogP contribution in [-0.2, 0) is 4.79 Å². The number of benzene rings is 2. The topological polar surface area (TPSA) is 50.1 Å². The first kappa shape index (κ1) is 22.6. The Morgan fingerprint density at radius 2 is 1.41 bits per heavy atom. The van der Waals surface area contributed by atoms with E-state index in [0.717, 1.165) is 30.4 Å². The van der Waals surface area contributed by atoms with Crippen LogP contribution in [0.1, 0.15) is 89.5 Å². The fourth-order valence-corrected chi connectivity index (χ4v) is 5.72. The number of hydrogen-bond acceptors (Lipinski definition) is 3. The highest BCUT2D eigenvalue weighted by molar-refractivity contribution is 5.80. The summed E-state index contributed by atoms with van der Waals surface area (Å²) in [5.41, 5.74) is 2.98. The van der Waals surface area contributed by atoms with Gasteiger partial charge in [-0.05, 0) is 85.8 Å². The summed E-state index contributed by atoms with van der Waals surface area (Å²) < 4.78 is 5.88. The maximum Gasteiger partial charge on any atom is 0.317 e. The van der Waals surface area contributed by atoms with Gasteiger partial charge in [0.25, 0.3) is 0 Å². The van der Waals surface area contributed by atoms with E-state index in [-0.39, 0.29) is 11.4 Å². The van der Waals surface area contributed by atoms with E-state index in [1.165, 1.54) is 57.8 Å². The highest BCUT2D eigenvalue weighted by atomic mass is 16.5. The summed E-state index contributed by atoms with van der Waals surface area (Å²) in [6.45, 7) is 2.27. The zero-order chi connectivity index (χ0) is 22.4. The van der Waals surface area contributed by atoms with Crippen LogP contribution in [0.15, 0.2) is 48.5 Å². The molecular formula is C29H35NO2. The normalized spacial score (nSPS) is 24.1. The van der Waals surface area contributed by atoms with E-state index in [1.807, 2.05) is 48.5 Å². The van der Waals surface area contributed by atoms with E-state index >= 15 is 0 Å². The van der Waals surface area contributed by atoms with Crippen LogP contribution in [0.5, 0.6) is 5.75 Å². The van der Waals surface area contributed by atoms with Crippen molar-refractivity contribution in [3.8, 4) is 22.9 Å². The number of nitriles is 1. The minimum Gasteiger partial charge on any atom is -0.426 e. The molecule has 3 saturated carbocycles. The molecule has 2 bridgehead atoms. The smallest absolute Gasteiger partial charge is 0.317 e. The molecule has 3 nitrogen and oxygen atoms in total. The lowest BCUT2D eigenvalue weighted by Crippen LogP contribution is -2.47. The van der Waals surface area contributed by atoms with Gasteiger partial charge in [0.15, 0.2) is 0 Å². The molecule has 0 atom stereocenters. The lowest BCUT2D eigenvalue weighted by molar-refractivity contribution is -0.156. The van der Waals surface area contributed by atoms with E-state index in [2.05, 4.69) is 13.0 Å². The molecule has 0 aromatic heterocycles. The van der Waals surface area contributed by atoms with Gasteiger partial charge in [-0.2, -0.15) is 5.26 Å². The highest BCUT2D eigenvalue weighted by Gasteiger charge is 2.52. The van der Waals surface area contributed by atoms with Crippen molar-refractivity contribution in [2.24, 2.45) is 10.8 Å². The van der Waals surface area contributed by atoms with Gasteiger partial charge in [-0.1, -0.05) is 63.3 Å². The van der Waals surface area contributed by atoms with Gasteiger partial charge in [-0.3, -0.25) is 4.79 Å². The average molecular weight is 430 g/mol. The number of nitrogens with zero attached hydrogens (tertiary/aromatic N) is 1. The average Bonchev–Trinajstić information content (AvgIpc) is 2.85. The molecule has 0 spiro atoms. The van der Waals surface area contributed by atoms with Crippen molar-refractivity contribution in [2.75, 3.05) is 0 Å². The van der Waals surface area contributed by atoms with Crippen LogP contribution in [0.4, 0.5) is 0 Å². The Morgan fingerprint density at radius 1 is 0.844 bits per heavy atom. The number of hydrogen-bond donors (Lipinski definition) is 0. The molecule has 2 aromatic carbocycles. The summed E-state index contributed by atoms with van der Waals surface area (Å²) in [5, 5.41) is 8.95. The third kappa shape index (κ3) is 4.90. The predicted molar refractivity (Wildman–Crippen MR) is 128 cm³/mol. The second-order valence-corrected chi connectivity index (χ2v) is 10.0. The number of unbranched alkanes of at least 4 members (excludes halogenated alkanes) is 4. The van der Waals surface area contributed by atoms with Crippen molar-refractivity contribution in [2.45, 2.75) is 84.0 Å². The Morgan fingerprint density at radius 3 is 1.97 bits per heavy atom. The molecule has 0 aliphatic heterocycles. The van der Waals surface area contributed by atoms with Crippen LogP contribution >= 0.6 is 0 Å². The molecule has 0 saturated heterocycles. The van der Waals surface area contributed by atoms with Crippen LogP contribution in [0.3, 0.4) is 0 Å². The largest absolute Gasteiger partial charge is 0.426 e. The number of rotatable bonds is 9. The molecule has 2 aromatic rings. The van der Waals surface area contributed by atoms with E-state index in [1.54, 1.807) is 0 Å². The summed E-state index contributed by atoms with van der Waals surface area (Å²) in [6, 6.07) is 17.4. The van der Waals surface area contributed by atoms with Crippen molar-refractivity contribution in [1.29, 1.82) is 5.26 Å². The van der Waals surface area contributed by atoms with Crippen molar-refractivity contribution in [3.05, 3.63) is 54.1 Å². The molecule has 0 N–H and O–H groups in total. The minimum absolute atomic E-state index is 0.0279. The second kappa shape index (κ2) is 9.90. The zero-order valence-electron chi connectivity index (χ0n) is 19.4. The van der Waals surface area contributed by atoms with Crippen molar-refractivity contribution in [1.82, 2.24) is 0 Å². The van der Waals surface area contributed by atoms with Crippen molar-refractivity contribution < 1.29 is 9.53 Å². The predicted octanol–water partition coefficient (Wildman–Crippen LogP) is 7.83. The van der Waals surface area contributed by atoms with Gasteiger partial charge >= 0.3 is 5.97 Å². The number of esters is 1. The molecular weight excluding hydrogens is 394 g/mol. The van der Waals surface area contributed by atoms with E-state index in [0.29, 0.717) is 16.7 Å². The molecule has 3 aliphatic carbocycles. The van der Waals surface area contributed by atoms with Gasteiger partial charge in [-0.25, -0.2) is 0 Å². The van der Waals surface area contributed by atoms with Crippen LogP contribution < -0.4 is 4.74 Å². The number of carbonyl (C=O) groups excluding carboxylic acids is 1. The molecule has 3 fully saturated rings. The summed E-state index contributed by atoms with van der Waals surface area (Å²) >= 11 is 0. The quantitative estimate of drug-likeness (QED) is 0.232. The maximum absolute atomic E-state index is 13.2. The lowest BCUT2D eigenvalue weighted by Gasteiger charge is -2.52. The number of carbonyl (C=O) groups is 1. The first-order chi connectivity index (χ1) is 15.6. The Labute approximate surface area is 192 Å². The molecule has 0 radical (unpaired) electrons. The maximum atomic E-state index is 13.2. The molecule has 0 heterocycles. The molecule has 0 unspecified atom stereocenters. The van der Waals surface area contributed by atoms with Crippen LogP contribution in [0, 0.1) is 22.2 Å². The summed E-state index contributed by atoms with van der Waals surface area (Å²) in [4.78, 5) is 13.2. The Balaban J connectivity index is 1.31.